The molecule has 19 heavy (non-hydrogen) atoms. The fourth-order valence-corrected chi connectivity index (χ4v) is 1.77. The molecule has 1 aromatic heterocycles. The minimum atomic E-state index is 0.844. The van der Waals surface area contributed by atoms with Gasteiger partial charge in [0.2, 0.25) is 0 Å². The molecule has 3 rings (SSSR count). The monoisotopic (exact) mass is 253 g/mol. The summed E-state index contributed by atoms with van der Waals surface area (Å²) in [7, 11) is 0. The number of nitrogens with zero attached hydrogens (tertiary/aromatic N) is 2. The van der Waals surface area contributed by atoms with E-state index >= 15 is 0 Å². The first-order valence-electron chi connectivity index (χ1n) is 6.66. The van der Waals surface area contributed by atoms with Gasteiger partial charge in [-0.15, -0.1) is 0 Å². The third-order valence-electron chi connectivity index (χ3n) is 2.80. The van der Waals surface area contributed by atoms with E-state index < -0.39 is 0 Å². The summed E-state index contributed by atoms with van der Waals surface area (Å²) in [6.45, 7) is 2.98. The molecule has 1 heterocycles. The van der Waals surface area contributed by atoms with E-state index in [4.69, 9.17) is 5.73 Å². The van der Waals surface area contributed by atoms with Gasteiger partial charge in [0.25, 0.3) is 0 Å². The highest BCUT2D eigenvalue weighted by atomic mass is 14.8. The van der Waals surface area contributed by atoms with Crippen LogP contribution in [0.25, 0.3) is 22.1 Å². The van der Waals surface area contributed by atoms with Crippen molar-refractivity contribution >= 4 is 22.1 Å². The van der Waals surface area contributed by atoms with Gasteiger partial charge in [0.1, 0.15) is 0 Å². The standard InChI is InChI=1S/C12H8N2.C4H11N/c1-2-6-10-9(5-1)13-11-7-3-4-8-12(11)14-10;1-2-3-4-5/h1-8H;2-5H2,1H3. The van der Waals surface area contributed by atoms with Crippen molar-refractivity contribution in [1.29, 1.82) is 0 Å². The summed E-state index contributed by atoms with van der Waals surface area (Å²) in [5.41, 5.74) is 8.94. The van der Waals surface area contributed by atoms with Crippen molar-refractivity contribution in [1.82, 2.24) is 9.97 Å². The highest BCUT2D eigenvalue weighted by molar-refractivity contribution is 5.85. The molecule has 0 bridgehead atoms. The Kier molecular flexibility index (Phi) is 4.81. The zero-order valence-electron chi connectivity index (χ0n) is 11.2. The zero-order valence-corrected chi connectivity index (χ0v) is 11.2. The van der Waals surface area contributed by atoms with Gasteiger partial charge >= 0.3 is 0 Å². The minimum absolute atomic E-state index is 0.844. The summed E-state index contributed by atoms with van der Waals surface area (Å²) < 4.78 is 0. The SMILES string of the molecule is CCCCN.c1ccc2nc3ccccc3nc2c1. The molecular weight excluding hydrogens is 234 g/mol. The lowest BCUT2D eigenvalue weighted by atomic mass is 10.2. The molecule has 0 amide bonds. The predicted molar refractivity (Wildman–Crippen MR) is 81.0 cm³/mol. The molecule has 3 aromatic rings. The summed E-state index contributed by atoms with van der Waals surface area (Å²) in [4.78, 5) is 9.03. The van der Waals surface area contributed by atoms with E-state index in [9.17, 15) is 0 Å². The van der Waals surface area contributed by atoms with Crippen LogP contribution in [0.5, 0.6) is 0 Å². The van der Waals surface area contributed by atoms with Gasteiger partial charge in [-0.25, -0.2) is 9.97 Å². The van der Waals surface area contributed by atoms with Crippen LogP contribution in [0.2, 0.25) is 0 Å². The van der Waals surface area contributed by atoms with Crippen LogP contribution in [0.1, 0.15) is 19.8 Å². The van der Waals surface area contributed by atoms with Crippen LogP contribution in [0, 0.1) is 0 Å². The Morgan fingerprint density at radius 3 is 1.37 bits per heavy atom. The summed E-state index contributed by atoms with van der Waals surface area (Å²) in [5.74, 6) is 0. The quantitative estimate of drug-likeness (QED) is 0.711. The smallest absolute Gasteiger partial charge is 0.0894 e. The zero-order chi connectivity index (χ0) is 13.5. The first-order chi connectivity index (χ1) is 9.35. The van der Waals surface area contributed by atoms with Crippen molar-refractivity contribution in [3.05, 3.63) is 48.5 Å². The van der Waals surface area contributed by atoms with Crippen molar-refractivity contribution in [2.45, 2.75) is 19.8 Å². The average molecular weight is 253 g/mol. The average Bonchev–Trinajstić information content (AvgIpc) is 2.46. The van der Waals surface area contributed by atoms with Crippen molar-refractivity contribution in [2.75, 3.05) is 6.54 Å². The lowest BCUT2D eigenvalue weighted by molar-refractivity contribution is 0.807. The van der Waals surface area contributed by atoms with Crippen molar-refractivity contribution in [3.63, 3.8) is 0 Å². The molecule has 0 radical (unpaired) electrons. The van der Waals surface area contributed by atoms with Gasteiger partial charge in [0, 0.05) is 0 Å². The highest BCUT2D eigenvalue weighted by Gasteiger charge is 1.98. The van der Waals surface area contributed by atoms with E-state index in [0.29, 0.717) is 0 Å². The molecule has 0 fully saturated rings. The second-order valence-electron chi connectivity index (χ2n) is 4.34. The third kappa shape index (κ3) is 3.48. The molecule has 0 unspecified atom stereocenters. The number of para-hydroxylation sites is 4. The Hall–Kier alpha value is -2.00. The van der Waals surface area contributed by atoms with E-state index in [1.165, 1.54) is 12.8 Å². The number of benzene rings is 2. The van der Waals surface area contributed by atoms with Gasteiger partial charge in [-0.2, -0.15) is 0 Å². The van der Waals surface area contributed by atoms with Gasteiger partial charge in [-0.3, -0.25) is 0 Å². The van der Waals surface area contributed by atoms with Crippen LogP contribution < -0.4 is 5.73 Å². The number of aromatic nitrogens is 2. The Morgan fingerprint density at radius 1 is 0.789 bits per heavy atom. The van der Waals surface area contributed by atoms with Crippen molar-refractivity contribution < 1.29 is 0 Å². The largest absolute Gasteiger partial charge is 0.330 e. The van der Waals surface area contributed by atoms with E-state index in [0.717, 1.165) is 28.6 Å². The van der Waals surface area contributed by atoms with Gasteiger partial charge in [-0.05, 0) is 37.2 Å². The third-order valence-corrected chi connectivity index (χ3v) is 2.80. The minimum Gasteiger partial charge on any atom is -0.330 e. The lowest BCUT2D eigenvalue weighted by Crippen LogP contribution is -1.95. The Labute approximate surface area is 113 Å². The molecule has 3 heteroatoms. The van der Waals surface area contributed by atoms with Crippen molar-refractivity contribution in [3.8, 4) is 0 Å². The van der Waals surface area contributed by atoms with E-state index in [2.05, 4.69) is 16.9 Å². The van der Waals surface area contributed by atoms with Crippen LogP contribution in [0.3, 0.4) is 0 Å². The van der Waals surface area contributed by atoms with Crippen LogP contribution in [-0.2, 0) is 0 Å². The van der Waals surface area contributed by atoms with Crippen LogP contribution in [-0.4, -0.2) is 16.5 Å². The Morgan fingerprint density at radius 2 is 1.16 bits per heavy atom. The molecule has 0 aliphatic heterocycles. The Balaban J connectivity index is 0.000000232. The molecule has 2 aromatic carbocycles. The molecule has 0 saturated carbocycles. The van der Waals surface area contributed by atoms with Crippen LogP contribution in [0.4, 0.5) is 0 Å². The van der Waals surface area contributed by atoms with Gasteiger partial charge < -0.3 is 5.73 Å². The number of hydrogen-bond donors (Lipinski definition) is 1. The molecule has 0 spiro atoms. The highest BCUT2D eigenvalue weighted by Crippen LogP contribution is 2.14. The predicted octanol–water partition coefficient (Wildman–Crippen LogP) is 3.53. The van der Waals surface area contributed by atoms with Gasteiger partial charge in [-0.1, -0.05) is 37.6 Å². The second kappa shape index (κ2) is 6.81. The Bertz CT molecular complexity index is 542. The topological polar surface area (TPSA) is 51.8 Å². The molecule has 0 aliphatic rings. The van der Waals surface area contributed by atoms with Crippen LogP contribution in [0.15, 0.2) is 48.5 Å². The maximum Gasteiger partial charge on any atom is 0.0894 e. The molecular formula is C16H19N3. The van der Waals surface area contributed by atoms with Gasteiger partial charge in [0.15, 0.2) is 0 Å². The van der Waals surface area contributed by atoms with Crippen molar-refractivity contribution in [2.24, 2.45) is 5.73 Å². The molecule has 3 nitrogen and oxygen atoms in total. The molecule has 2 N–H and O–H groups in total. The van der Waals surface area contributed by atoms with Gasteiger partial charge in [0.05, 0.1) is 22.1 Å². The summed E-state index contributed by atoms with van der Waals surface area (Å²) >= 11 is 0. The summed E-state index contributed by atoms with van der Waals surface area (Å²) in [6, 6.07) is 15.8. The maximum absolute atomic E-state index is 5.14. The number of unbranched alkanes of at least 4 members (excludes halogenated alkanes) is 1. The molecule has 0 aliphatic carbocycles. The fourth-order valence-electron chi connectivity index (χ4n) is 1.77. The van der Waals surface area contributed by atoms with E-state index in [1.807, 2.05) is 48.5 Å². The van der Waals surface area contributed by atoms with E-state index in [-0.39, 0.29) is 0 Å². The number of rotatable bonds is 2. The van der Waals surface area contributed by atoms with E-state index in [1.54, 1.807) is 0 Å². The lowest BCUT2D eigenvalue weighted by Gasteiger charge is -1.98. The summed E-state index contributed by atoms with van der Waals surface area (Å²) in [6.07, 6.45) is 2.39. The normalized spacial score (nSPS) is 10.2. The number of fused-ring (bicyclic) bond motifs is 2. The summed E-state index contributed by atoms with van der Waals surface area (Å²) in [5, 5.41) is 0. The number of hydrogen-bond acceptors (Lipinski definition) is 3. The fraction of sp³-hybridized carbons (Fsp3) is 0.250. The molecule has 0 saturated heterocycles. The number of nitrogens with two attached hydrogens (primary N) is 1. The first kappa shape index (κ1) is 13.4. The second-order valence-corrected chi connectivity index (χ2v) is 4.34. The van der Waals surface area contributed by atoms with Crippen LogP contribution >= 0.6 is 0 Å². The molecule has 0 atom stereocenters. The maximum atomic E-state index is 5.14. The first-order valence-corrected chi connectivity index (χ1v) is 6.66. The molecule has 98 valence electrons.